The van der Waals surface area contributed by atoms with E-state index in [9.17, 15) is 0 Å². The lowest BCUT2D eigenvalue weighted by Crippen LogP contribution is -2.56. The minimum Gasteiger partial charge on any atom is -0.381 e. The summed E-state index contributed by atoms with van der Waals surface area (Å²) in [5.41, 5.74) is 11.3. The summed E-state index contributed by atoms with van der Waals surface area (Å²) in [5, 5.41) is 0.398. The van der Waals surface area contributed by atoms with Gasteiger partial charge in [-0.15, -0.1) is 0 Å². The molecule has 0 spiro atoms. The van der Waals surface area contributed by atoms with E-state index in [1.54, 1.807) is 12.3 Å². The highest BCUT2D eigenvalue weighted by Gasteiger charge is 2.31. The van der Waals surface area contributed by atoms with E-state index < -0.39 is 5.54 Å². The van der Waals surface area contributed by atoms with Crippen LogP contribution >= 0.6 is 11.6 Å². The summed E-state index contributed by atoms with van der Waals surface area (Å²) in [4.78, 5) is 3.91. The molecule has 86 valence electrons. The summed E-state index contributed by atoms with van der Waals surface area (Å²) in [7, 11) is 0. The molecule has 1 aliphatic rings. The Morgan fingerprint density at radius 1 is 1.60 bits per heavy atom. The molecule has 0 bridgehead atoms. The molecule has 0 aromatic carbocycles. The molecule has 0 aromatic heterocycles. The molecular weight excluding hydrogens is 214 g/mol. The second-order valence-electron chi connectivity index (χ2n) is 3.75. The number of hydrogen-bond donors (Lipinski definition) is 2. The summed E-state index contributed by atoms with van der Waals surface area (Å²) >= 11 is 5.79. The molecule has 4 N–H and O–H groups in total. The Bertz CT molecular complexity index is 267. The number of halogens is 1. The van der Waals surface area contributed by atoms with Gasteiger partial charge in [0, 0.05) is 19.4 Å². The molecule has 1 rings (SSSR count). The predicted molar refractivity (Wildman–Crippen MR) is 63.0 cm³/mol. The van der Waals surface area contributed by atoms with Crippen LogP contribution in [0.1, 0.15) is 19.8 Å². The third kappa shape index (κ3) is 3.57. The molecule has 0 aromatic rings. The lowest BCUT2D eigenvalue weighted by molar-refractivity contribution is 0.120. The number of ether oxygens (including phenoxy) is 1. The van der Waals surface area contributed by atoms with Gasteiger partial charge in [-0.1, -0.05) is 18.5 Å². The lowest BCUT2D eigenvalue weighted by atomic mass is 9.88. The van der Waals surface area contributed by atoms with Crippen molar-refractivity contribution in [2.45, 2.75) is 31.3 Å². The van der Waals surface area contributed by atoms with Crippen LogP contribution in [0.3, 0.4) is 0 Å². The first-order chi connectivity index (χ1) is 7.08. The SMILES string of the molecule is CCCOCCC1(N)C=C(Cl)N=CC1N. The highest BCUT2D eigenvalue weighted by atomic mass is 35.5. The van der Waals surface area contributed by atoms with Gasteiger partial charge < -0.3 is 16.2 Å². The molecule has 1 heterocycles. The van der Waals surface area contributed by atoms with Crippen LogP contribution < -0.4 is 11.5 Å². The van der Waals surface area contributed by atoms with E-state index >= 15 is 0 Å². The number of rotatable bonds is 5. The van der Waals surface area contributed by atoms with Gasteiger partial charge in [-0.25, -0.2) is 4.99 Å². The standard InChI is InChI=1S/C10H18ClN3O/c1-2-4-15-5-3-10(13)6-9(11)14-7-8(10)12/h6-8H,2-5,12-13H2,1H3. The maximum absolute atomic E-state index is 6.12. The van der Waals surface area contributed by atoms with Crippen LogP contribution in [0.15, 0.2) is 16.2 Å². The minimum atomic E-state index is -0.632. The molecule has 0 aliphatic carbocycles. The smallest absolute Gasteiger partial charge is 0.126 e. The number of nitrogens with two attached hydrogens (primary N) is 2. The first kappa shape index (κ1) is 12.6. The Morgan fingerprint density at radius 2 is 2.33 bits per heavy atom. The fourth-order valence-corrected chi connectivity index (χ4v) is 1.64. The van der Waals surface area contributed by atoms with Crippen LogP contribution in [-0.4, -0.2) is 31.0 Å². The van der Waals surface area contributed by atoms with Crippen LogP contribution in [0.2, 0.25) is 0 Å². The van der Waals surface area contributed by atoms with Crippen molar-refractivity contribution in [2.75, 3.05) is 13.2 Å². The van der Waals surface area contributed by atoms with Crippen molar-refractivity contribution in [3.8, 4) is 0 Å². The summed E-state index contributed by atoms with van der Waals surface area (Å²) < 4.78 is 5.38. The summed E-state index contributed by atoms with van der Waals surface area (Å²) in [5.74, 6) is 0. The van der Waals surface area contributed by atoms with E-state index in [0.29, 0.717) is 18.2 Å². The topological polar surface area (TPSA) is 73.6 Å². The van der Waals surface area contributed by atoms with E-state index in [1.165, 1.54) is 0 Å². The first-order valence-corrected chi connectivity index (χ1v) is 5.51. The minimum absolute atomic E-state index is 0.301. The van der Waals surface area contributed by atoms with Crippen molar-refractivity contribution in [1.82, 2.24) is 0 Å². The molecule has 0 radical (unpaired) electrons. The lowest BCUT2D eigenvalue weighted by Gasteiger charge is -2.32. The van der Waals surface area contributed by atoms with Gasteiger partial charge in [0.1, 0.15) is 5.16 Å². The fraction of sp³-hybridized carbons (Fsp3) is 0.700. The molecule has 0 saturated heterocycles. The van der Waals surface area contributed by atoms with E-state index in [4.69, 9.17) is 27.8 Å². The van der Waals surface area contributed by atoms with E-state index in [2.05, 4.69) is 11.9 Å². The molecular formula is C10H18ClN3O. The maximum atomic E-state index is 6.12. The number of nitrogens with zero attached hydrogens (tertiary/aromatic N) is 1. The Labute approximate surface area is 95.3 Å². The molecule has 1 aliphatic heterocycles. The molecule has 4 nitrogen and oxygen atoms in total. The Morgan fingerprint density at radius 3 is 3.00 bits per heavy atom. The predicted octanol–water partition coefficient (Wildman–Crippen LogP) is 0.993. The molecule has 15 heavy (non-hydrogen) atoms. The Kier molecular flexibility index (Phi) is 4.73. The van der Waals surface area contributed by atoms with Crippen molar-refractivity contribution >= 4 is 17.8 Å². The van der Waals surface area contributed by atoms with Gasteiger partial charge in [-0.2, -0.15) is 0 Å². The summed E-state index contributed by atoms with van der Waals surface area (Å²) in [6.07, 6.45) is 4.94. The Balaban J connectivity index is 2.46. The monoisotopic (exact) mass is 231 g/mol. The van der Waals surface area contributed by atoms with Crippen molar-refractivity contribution in [1.29, 1.82) is 0 Å². The van der Waals surface area contributed by atoms with Gasteiger partial charge in [0.05, 0.1) is 11.6 Å². The van der Waals surface area contributed by atoms with Crippen LogP contribution in [0.5, 0.6) is 0 Å². The normalized spacial score (nSPS) is 30.4. The van der Waals surface area contributed by atoms with Gasteiger partial charge in [0.15, 0.2) is 0 Å². The van der Waals surface area contributed by atoms with Gasteiger partial charge in [0.2, 0.25) is 0 Å². The maximum Gasteiger partial charge on any atom is 0.126 e. The van der Waals surface area contributed by atoms with Crippen molar-refractivity contribution < 1.29 is 4.74 Å². The van der Waals surface area contributed by atoms with Crippen LogP contribution in [-0.2, 0) is 4.74 Å². The van der Waals surface area contributed by atoms with E-state index in [0.717, 1.165) is 13.0 Å². The van der Waals surface area contributed by atoms with Crippen LogP contribution in [0.25, 0.3) is 0 Å². The van der Waals surface area contributed by atoms with Crippen molar-refractivity contribution in [3.05, 3.63) is 11.2 Å². The Hall–Kier alpha value is -0.420. The average molecular weight is 232 g/mol. The van der Waals surface area contributed by atoms with Crippen LogP contribution in [0.4, 0.5) is 0 Å². The van der Waals surface area contributed by atoms with Gasteiger partial charge >= 0.3 is 0 Å². The molecule has 2 unspecified atom stereocenters. The molecule has 0 saturated carbocycles. The van der Waals surface area contributed by atoms with Gasteiger partial charge in [0.25, 0.3) is 0 Å². The second kappa shape index (κ2) is 5.61. The largest absolute Gasteiger partial charge is 0.381 e. The van der Waals surface area contributed by atoms with E-state index in [-0.39, 0.29) is 6.04 Å². The van der Waals surface area contributed by atoms with Crippen LogP contribution in [0, 0.1) is 0 Å². The molecule has 5 heteroatoms. The first-order valence-electron chi connectivity index (χ1n) is 5.13. The zero-order valence-corrected chi connectivity index (χ0v) is 9.70. The highest BCUT2D eigenvalue weighted by molar-refractivity contribution is 6.30. The zero-order chi connectivity index (χ0) is 11.3. The molecule has 0 amide bonds. The van der Waals surface area contributed by atoms with Crippen molar-refractivity contribution in [2.24, 2.45) is 16.5 Å². The van der Waals surface area contributed by atoms with Crippen molar-refractivity contribution in [3.63, 3.8) is 0 Å². The number of hydrogen-bond acceptors (Lipinski definition) is 4. The summed E-state index contributed by atoms with van der Waals surface area (Å²) in [6.45, 7) is 3.40. The van der Waals surface area contributed by atoms with Gasteiger partial charge in [-0.05, 0) is 18.9 Å². The average Bonchev–Trinajstić information content (AvgIpc) is 2.19. The fourth-order valence-electron chi connectivity index (χ4n) is 1.38. The quantitative estimate of drug-likeness (QED) is 0.548. The molecule has 0 fully saturated rings. The third-order valence-electron chi connectivity index (χ3n) is 2.39. The summed E-state index contributed by atoms with van der Waals surface area (Å²) in [6, 6.07) is -0.301. The second-order valence-corrected chi connectivity index (χ2v) is 4.13. The third-order valence-corrected chi connectivity index (χ3v) is 2.60. The zero-order valence-electron chi connectivity index (χ0n) is 8.95. The highest BCUT2D eigenvalue weighted by Crippen LogP contribution is 2.21. The molecule has 2 atom stereocenters. The number of aliphatic imine (C=N–C) groups is 1. The van der Waals surface area contributed by atoms with E-state index in [1.807, 2.05) is 0 Å². The van der Waals surface area contributed by atoms with Gasteiger partial charge in [-0.3, -0.25) is 0 Å².